The first-order valence-electron chi connectivity index (χ1n) is 5.35. The van der Waals surface area contributed by atoms with E-state index in [9.17, 15) is 8.78 Å². The van der Waals surface area contributed by atoms with E-state index >= 15 is 0 Å². The van der Waals surface area contributed by atoms with Gasteiger partial charge < -0.3 is 10.1 Å². The van der Waals surface area contributed by atoms with E-state index in [-0.39, 0.29) is 24.5 Å². The molecule has 0 fully saturated rings. The summed E-state index contributed by atoms with van der Waals surface area (Å²) < 4.78 is 33.0. The van der Waals surface area contributed by atoms with Gasteiger partial charge in [-0.15, -0.1) is 17.5 Å². The average molecular weight is 290 g/mol. The number of ether oxygens (including phenoxy) is 1. The summed E-state index contributed by atoms with van der Waals surface area (Å²) in [6.45, 7) is 0.158. The SMILES string of the molecule is COc1nn(C)cc1NCc1cc(F)ccc1F.Cl. The largest absolute Gasteiger partial charge is 0.478 e. The van der Waals surface area contributed by atoms with Crippen LogP contribution in [-0.2, 0) is 13.6 Å². The standard InChI is InChI=1S/C12H13F2N3O.ClH/c1-17-7-11(12(16-17)18-2)15-6-8-5-9(13)3-4-10(8)14;/h3-5,7,15H,6H2,1-2H3;1H. The van der Waals surface area contributed by atoms with Gasteiger partial charge in [0.15, 0.2) is 0 Å². The number of aryl methyl sites for hydroxylation is 1. The second kappa shape index (κ2) is 6.38. The van der Waals surface area contributed by atoms with Gasteiger partial charge in [-0.3, -0.25) is 4.68 Å². The van der Waals surface area contributed by atoms with Crippen molar-refractivity contribution in [1.82, 2.24) is 9.78 Å². The van der Waals surface area contributed by atoms with Crippen LogP contribution in [0.15, 0.2) is 24.4 Å². The summed E-state index contributed by atoms with van der Waals surface area (Å²) in [5, 5.41) is 7.00. The summed E-state index contributed by atoms with van der Waals surface area (Å²) in [6, 6.07) is 3.35. The molecule has 0 aliphatic rings. The third-order valence-corrected chi connectivity index (χ3v) is 2.47. The van der Waals surface area contributed by atoms with Crippen molar-refractivity contribution in [1.29, 1.82) is 0 Å². The van der Waals surface area contributed by atoms with Crippen molar-refractivity contribution >= 4 is 18.1 Å². The highest BCUT2D eigenvalue weighted by Crippen LogP contribution is 2.22. The van der Waals surface area contributed by atoms with Crippen LogP contribution in [0.5, 0.6) is 5.88 Å². The fraction of sp³-hybridized carbons (Fsp3) is 0.250. The Hall–Kier alpha value is -1.82. The Morgan fingerprint density at radius 1 is 1.37 bits per heavy atom. The van der Waals surface area contributed by atoms with Gasteiger partial charge in [-0.2, -0.15) is 0 Å². The van der Waals surface area contributed by atoms with E-state index in [1.165, 1.54) is 7.11 Å². The third kappa shape index (κ3) is 3.57. The molecule has 4 nitrogen and oxygen atoms in total. The van der Waals surface area contributed by atoms with E-state index in [4.69, 9.17) is 4.74 Å². The van der Waals surface area contributed by atoms with Crippen molar-refractivity contribution in [3.8, 4) is 5.88 Å². The molecule has 19 heavy (non-hydrogen) atoms. The minimum atomic E-state index is -0.466. The summed E-state index contributed by atoms with van der Waals surface area (Å²) in [5.41, 5.74) is 0.879. The molecule has 1 heterocycles. The summed E-state index contributed by atoms with van der Waals surface area (Å²) in [4.78, 5) is 0. The van der Waals surface area contributed by atoms with Gasteiger partial charge in [0, 0.05) is 19.2 Å². The van der Waals surface area contributed by atoms with Crippen molar-refractivity contribution in [3.63, 3.8) is 0 Å². The molecule has 2 aromatic rings. The highest BCUT2D eigenvalue weighted by atomic mass is 35.5. The van der Waals surface area contributed by atoms with Crippen LogP contribution in [0, 0.1) is 11.6 Å². The maximum atomic E-state index is 13.4. The van der Waals surface area contributed by atoms with Gasteiger partial charge in [0.2, 0.25) is 0 Å². The second-order valence-electron chi connectivity index (χ2n) is 3.82. The summed E-state index contributed by atoms with van der Waals surface area (Å²) >= 11 is 0. The Morgan fingerprint density at radius 2 is 2.11 bits per heavy atom. The molecule has 0 saturated heterocycles. The summed E-state index contributed by atoms with van der Waals surface area (Å²) in [7, 11) is 3.24. The van der Waals surface area contributed by atoms with Crippen molar-refractivity contribution < 1.29 is 13.5 Å². The molecule has 0 saturated carbocycles. The molecule has 104 valence electrons. The molecule has 7 heteroatoms. The van der Waals surface area contributed by atoms with Crippen LogP contribution in [0.4, 0.5) is 14.5 Å². The van der Waals surface area contributed by atoms with E-state index in [1.807, 2.05) is 0 Å². The lowest BCUT2D eigenvalue weighted by Gasteiger charge is -2.06. The van der Waals surface area contributed by atoms with E-state index < -0.39 is 11.6 Å². The molecule has 2 rings (SSSR count). The summed E-state index contributed by atoms with van der Waals surface area (Å²) in [6.07, 6.45) is 1.70. The van der Waals surface area contributed by atoms with Crippen molar-refractivity contribution in [2.24, 2.45) is 7.05 Å². The second-order valence-corrected chi connectivity index (χ2v) is 3.82. The van der Waals surface area contributed by atoms with Crippen molar-refractivity contribution in [2.45, 2.75) is 6.54 Å². The maximum absolute atomic E-state index is 13.4. The summed E-state index contributed by atoms with van der Waals surface area (Å²) in [5.74, 6) is -0.507. The fourth-order valence-corrected chi connectivity index (χ4v) is 1.61. The van der Waals surface area contributed by atoms with Crippen molar-refractivity contribution in [2.75, 3.05) is 12.4 Å². The monoisotopic (exact) mass is 289 g/mol. The Bertz CT molecular complexity index is 560. The number of rotatable bonds is 4. The number of aromatic nitrogens is 2. The van der Waals surface area contributed by atoms with Crippen LogP contribution in [0.3, 0.4) is 0 Å². The lowest BCUT2D eigenvalue weighted by Crippen LogP contribution is -2.02. The molecule has 0 radical (unpaired) electrons. The maximum Gasteiger partial charge on any atom is 0.256 e. The molecule has 0 aliphatic carbocycles. The number of anilines is 1. The number of halogens is 3. The molecule has 0 spiro atoms. The predicted molar refractivity (Wildman–Crippen MR) is 70.7 cm³/mol. The average Bonchev–Trinajstić information content (AvgIpc) is 2.71. The Balaban J connectivity index is 0.00000180. The zero-order chi connectivity index (χ0) is 13.1. The van der Waals surface area contributed by atoms with Gasteiger partial charge in [0.1, 0.15) is 17.3 Å². The number of hydrogen-bond donors (Lipinski definition) is 1. The first-order chi connectivity index (χ1) is 8.60. The van der Waals surface area contributed by atoms with E-state index in [0.717, 1.165) is 18.2 Å². The molecule has 0 bridgehead atoms. The minimum absolute atomic E-state index is 0. The molecule has 1 aromatic carbocycles. The first-order valence-corrected chi connectivity index (χ1v) is 5.35. The number of nitrogens with one attached hydrogen (secondary N) is 1. The molecule has 0 amide bonds. The minimum Gasteiger partial charge on any atom is -0.478 e. The number of hydrogen-bond acceptors (Lipinski definition) is 3. The third-order valence-electron chi connectivity index (χ3n) is 2.47. The highest BCUT2D eigenvalue weighted by Gasteiger charge is 2.09. The first kappa shape index (κ1) is 15.2. The predicted octanol–water partition coefficient (Wildman–Crippen LogP) is 2.74. The van der Waals surface area contributed by atoms with Gasteiger partial charge in [0.05, 0.1) is 13.3 Å². The van der Waals surface area contributed by atoms with Crippen LogP contribution >= 0.6 is 12.4 Å². The van der Waals surface area contributed by atoms with Crippen LogP contribution in [0.25, 0.3) is 0 Å². The Kier molecular flexibility index (Phi) is 5.11. The van der Waals surface area contributed by atoms with Gasteiger partial charge in [-0.05, 0) is 18.2 Å². The Labute approximate surface area is 115 Å². The van der Waals surface area contributed by atoms with Gasteiger partial charge in [0.25, 0.3) is 5.88 Å². The molecule has 1 N–H and O–H groups in total. The van der Waals surface area contributed by atoms with E-state index in [1.54, 1.807) is 17.9 Å². The fourth-order valence-electron chi connectivity index (χ4n) is 1.61. The van der Waals surface area contributed by atoms with Crippen LogP contribution in [0.2, 0.25) is 0 Å². The van der Waals surface area contributed by atoms with Crippen LogP contribution in [0.1, 0.15) is 5.56 Å². The highest BCUT2D eigenvalue weighted by molar-refractivity contribution is 5.85. The smallest absolute Gasteiger partial charge is 0.256 e. The van der Waals surface area contributed by atoms with Crippen LogP contribution < -0.4 is 10.1 Å². The number of benzene rings is 1. The zero-order valence-electron chi connectivity index (χ0n) is 10.5. The molecular weight excluding hydrogens is 276 g/mol. The Morgan fingerprint density at radius 3 is 2.79 bits per heavy atom. The van der Waals surface area contributed by atoms with Gasteiger partial charge in [-0.1, -0.05) is 0 Å². The molecule has 0 aliphatic heterocycles. The zero-order valence-corrected chi connectivity index (χ0v) is 11.3. The lowest BCUT2D eigenvalue weighted by atomic mass is 10.2. The quantitative estimate of drug-likeness (QED) is 0.941. The van der Waals surface area contributed by atoms with Crippen LogP contribution in [-0.4, -0.2) is 16.9 Å². The molecular formula is C12H14ClF2N3O. The topological polar surface area (TPSA) is 39.1 Å². The molecule has 0 unspecified atom stereocenters. The molecule has 1 aromatic heterocycles. The lowest BCUT2D eigenvalue weighted by molar-refractivity contribution is 0.393. The van der Waals surface area contributed by atoms with Crippen molar-refractivity contribution in [3.05, 3.63) is 41.6 Å². The van der Waals surface area contributed by atoms with E-state index in [2.05, 4.69) is 10.4 Å². The van der Waals surface area contributed by atoms with E-state index in [0.29, 0.717) is 11.6 Å². The molecule has 0 atom stereocenters. The number of methoxy groups -OCH3 is 1. The number of nitrogens with zero attached hydrogens (tertiary/aromatic N) is 2. The van der Waals surface area contributed by atoms with Gasteiger partial charge in [-0.25, -0.2) is 8.78 Å². The normalized spacial score (nSPS) is 9.89. The van der Waals surface area contributed by atoms with Gasteiger partial charge >= 0.3 is 0 Å².